The number of nitrogens with zero attached hydrogens (tertiary/aromatic N) is 1. The number of para-hydroxylation sites is 1. The van der Waals surface area contributed by atoms with Crippen molar-refractivity contribution in [2.24, 2.45) is 5.92 Å². The summed E-state index contributed by atoms with van der Waals surface area (Å²) in [5, 5.41) is 4.80. The molecule has 1 fully saturated rings. The monoisotopic (exact) mass is 391 g/mol. The summed E-state index contributed by atoms with van der Waals surface area (Å²) < 4.78 is 38.9. The third-order valence-corrected chi connectivity index (χ3v) is 4.54. The Morgan fingerprint density at radius 3 is 2.46 bits per heavy atom. The fraction of sp³-hybridized carbons (Fsp3) is 0.300. The Balaban J connectivity index is 1.51. The maximum absolute atomic E-state index is 13.0. The summed E-state index contributed by atoms with van der Waals surface area (Å²) in [6.45, 7) is 1.20. The molecule has 2 aromatic rings. The fourth-order valence-corrected chi connectivity index (χ4v) is 3.19. The molecule has 3 rings (SSSR count). The number of anilines is 1. The Labute approximate surface area is 160 Å². The average molecular weight is 391 g/mol. The summed E-state index contributed by atoms with van der Waals surface area (Å²) in [5.41, 5.74) is -0.193. The van der Waals surface area contributed by atoms with Crippen LogP contribution in [0.25, 0.3) is 0 Å². The van der Waals surface area contributed by atoms with E-state index in [0.717, 1.165) is 11.6 Å². The zero-order valence-electron chi connectivity index (χ0n) is 15.0. The molecule has 148 valence electrons. The number of hydrogen-bond donors (Lipinski definition) is 2. The van der Waals surface area contributed by atoms with Crippen molar-refractivity contribution in [3.8, 4) is 0 Å². The zero-order chi connectivity index (χ0) is 20.1. The molecular weight excluding hydrogens is 371 g/mol. The van der Waals surface area contributed by atoms with Gasteiger partial charge in [0.05, 0.1) is 11.3 Å². The van der Waals surface area contributed by atoms with Crippen LogP contribution in [0.4, 0.5) is 23.7 Å². The lowest BCUT2D eigenvalue weighted by Crippen LogP contribution is -2.34. The van der Waals surface area contributed by atoms with Crippen LogP contribution in [0.3, 0.4) is 0 Å². The average Bonchev–Trinajstić information content (AvgIpc) is 3.00. The van der Waals surface area contributed by atoms with E-state index in [2.05, 4.69) is 10.6 Å². The van der Waals surface area contributed by atoms with Gasteiger partial charge in [0.1, 0.15) is 0 Å². The van der Waals surface area contributed by atoms with E-state index in [9.17, 15) is 22.8 Å². The van der Waals surface area contributed by atoms with Crippen molar-refractivity contribution in [1.82, 2.24) is 10.2 Å². The van der Waals surface area contributed by atoms with Gasteiger partial charge in [0, 0.05) is 32.0 Å². The second-order valence-electron chi connectivity index (χ2n) is 6.71. The zero-order valence-corrected chi connectivity index (χ0v) is 15.0. The summed E-state index contributed by atoms with van der Waals surface area (Å²) in [6, 6.07) is 13.6. The number of hydrogen-bond acceptors (Lipinski definition) is 2. The van der Waals surface area contributed by atoms with Gasteiger partial charge in [-0.3, -0.25) is 4.79 Å². The van der Waals surface area contributed by atoms with Crippen LogP contribution in [-0.4, -0.2) is 29.9 Å². The molecule has 1 unspecified atom stereocenters. The summed E-state index contributed by atoms with van der Waals surface area (Å²) >= 11 is 0. The number of carbonyl (C=O) groups excluding carboxylic acids is 2. The molecule has 0 aliphatic carbocycles. The molecule has 0 aromatic heterocycles. The number of urea groups is 1. The van der Waals surface area contributed by atoms with E-state index in [1.807, 2.05) is 30.3 Å². The van der Waals surface area contributed by atoms with Gasteiger partial charge in [-0.15, -0.1) is 0 Å². The molecule has 0 bridgehead atoms. The first-order valence-electron chi connectivity index (χ1n) is 8.85. The van der Waals surface area contributed by atoms with Crippen molar-refractivity contribution in [1.29, 1.82) is 0 Å². The Morgan fingerprint density at radius 1 is 1.07 bits per heavy atom. The standard InChI is InChI=1S/C20H20F3N3O2/c21-20(22,23)16-8-4-5-9-17(16)25-19(28)24-11-15-10-18(27)26(13-15)12-14-6-2-1-3-7-14/h1-9,15H,10-13H2,(H2,24,25,28). The lowest BCUT2D eigenvalue weighted by molar-refractivity contribution is -0.137. The Morgan fingerprint density at radius 2 is 1.75 bits per heavy atom. The van der Waals surface area contributed by atoms with Crippen LogP contribution in [0.5, 0.6) is 0 Å². The molecule has 1 saturated heterocycles. The van der Waals surface area contributed by atoms with Gasteiger partial charge in [-0.2, -0.15) is 13.2 Å². The number of amides is 3. The van der Waals surface area contributed by atoms with E-state index in [1.54, 1.807) is 4.90 Å². The highest BCUT2D eigenvalue weighted by molar-refractivity contribution is 5.90. The lowest BCUT2D eigenvalue weighted by atomic mass is 10.1. The predicted octanol–water partition coefficient (Wildman–Crippen LogP) is 3.88. The quantitative estimate of drug-likeness (QED) is 0.813. The van der Waals surface area contributed by atoms with E-state index in [-0.39, 0.29) is 24.1 Å². The topological polar surface area (TPSA) is 61.4 Å². The lowest BCUT2D eigenvalue weighted by Gasteiger charge is -2.17. The number of halogens is 3. The number of carbonyl (C=O) groups is 2. The first-order valence-corrected chi connectivity index (χ1v) is 8.85. The highest BCUT2D eigenvalue weighted by Gasteiger charge is 2.34. The first-order chi connectivity index (χ1) is 13.3. The summed E-state index contributed by atoms with van der Waals surface area (Å²) in [5.74, 6) is -0.0849. The number of benzene rings is 2. The van der Waals surface area contributed by atoms with Crippen LogP contribution in [0.1, 0.15) is 17.5 Å². The predicted molar refractivity (Wildman–Crippen MR) is 98.4 cm³/mol. The normalized spacial score (nSPS) is 16.9. The first kappa shape index (κ1) is 19.7. The third kappa shape index (κ3) is 5.03. The van der Waals surface area contributed by atoms with Crippen LogP contribution in [0.2, 0.25) is 0 Å². The van der Waals surface area contributed by atoms with Crippen LogP contribution in [-0.2, 0) is 17.5 Å². The van der Waals surface area contributed by atoms with Gasteiger partial charge in [-0.05, 0) is 17.7 Å². The summed E-state index contributed by atoms with van der Waals surface area (Å²) in [6.07, 6.45) is -4.26. The smallest absolute Gasteiger partial charge is 0.338 e. The molecule has 1 aliphatic rings. The molecular formula is C20H20F3N3O2. The van der Waals surface area contributed by atoms with Gasteiger partial charge < -0.3 is 15.5 Å². The van der Waals surface area contributed by atoms with Crippen LogP contribution >= 0.6 is 0 Å². The highest BCUT2D eigenvalue weighted by Crippen LogP contribution is 2.34. The van der Waals surface area contributed by atoms with Crippen molar-refractivity contribution >= 4 is 17.6 Å². The minimum atomic E-state index is -4.56. The van der Waals surface area contributed by atoms with Crippen LogP contribution in [0.15, 0.2) is 54.6 Å². The summed E-state index contributed by atoms with van der Waals surface area (Å²) in [4.78, 5) is 25.9. The number of alkyl halides is 3. The fourth-order valence-electron chi connectivity index (χ4n) is 3.19. The molecule has 5 nitrogen and oxygen atoms in total. The Kier molecular flexibility index (Phi) is 5.87. The number of likely N-dealkylation sites (tertiary alicyclic amines) is 1. The summed E-state index contributed by atoms with van der Waals surface area (Å²) in [7, 11) is 0. The molecule has 0 radical (unpaired) electrons. The Bertz CT molecular complexity index is 840. The molecule has 1 heterocycles. The van der Waals surface area contributed by atoms with E-state index >= 15 is 0 Å². The van der Waals surface area contributed by atoms with Crippen molar-refractivity contribution in [2.75, 3.05) is 18.4 Å². The van der Waals surface area contributed by atoms with Gasteiger partial charge in [0.25, 0.3) is 0 Å². The second-order valence-corrected chi connectivity index (χ2v) is 6.71. The molecule has 2 aromatic carbocycles. The molecule has 8 heteroatoms. The van der Waals surface area contributed by atoms with Crippen molar-refractivity contribution in [3.63, 3.8) is 0 Å². The minimum Gasteiger partial charge on any atom is -0.338 e. The maximum atomic E-state index is 13.0. The van der Waals surface area contributed by atoms with Crippen molar-refractivity contribution < 1.29 is 22.8 Å². The van der Waals surface area contributed by atoms with E-state index in [4.69, 9.17) is 0 Å². The molecule has 1 aliphatic heterocycles. The van der Waals surface area contributed by atoms with Crippen LogP contribution < -0.4 is 10.6 Å². The molecule has 3 amide bonds. The molecule has 2 N–H and O–H groups in total. The molecule has 1 atom stereocenters. The van der Waals surface area contributed by atoms with Gasteiger partial charge in [-0.1, -0.05) is 42.5 Å². The highest BCUT2D eigenvalue weighted by atomic mass is 19.4. The van der Waals surface area contributed by atoms with Gasteiger partial charge in [0.2, 0.25) is 5.91 Å². The van der Waals surface area contributed by atoms with E-state index < -0.39 is 17.8 Å². The SMILES string of the molecule is O=C(NCC1CC(=O)N(Cc2ccccc2)C1)Nc1ccccc1C(F)(F)F. The van der Waals surface area contributed by atoms with E-state index in [1.165, 1.54) is 18.2 Å². The third-order valence-electron chi connectivity index (χ3n) is 4.54. The minimum absolute atomic E-state index is 0.00141. The Hall–Kier alpha value is -3.03. The van der Waals surface area contributed by atoms with Crippen LogP contribution in [0, 0.1) is 5.92 Å². The van der Waals surface area contributed by atoms with E-state index in [0.29, 0.717) is 19.5 Å². The largest absolute Gasteiger partial charge is 0.418 e. The van der Waals surface area contributed by atoms with Crippen molar-refractivity contribution in [2.45, 2.75) is 19.1 Å². The maximum Gasteiger partial charge on any atom is 0.418 e. The molecule has 0 spiro atoms. The van der Waals surface area contributed by atoms with Crippen molar-refractivity contribution in [3.05, 3.63) is 65.7 Å². The number of rotatable bonds is 5. The van der Waals surface area contributed by atoms with Gasteiger partial charge in [0.15, 0.2) is 0 Å². The van der Waals surface area contributed by atoms with Gasteiger partial charge >= 0.3 is 12.2 Å². The number of nitrogens with one attached hydrogen (secondary N) is 2. The molecule has 0 saturated carbocycles. The second kappa shape index (κ2) is 8.33. The van der Waals surface area contributed by atoms with Gasteiger partial charge in [-0.25, -0.2) is 4.79 Å². The molecule has 28 heavy (non-hydrogen) atoms.